The van der Waals surface area contributed by atoms with Gasteiger partial charge in [0.1, 0.15) is 11.3 Å². The summed E-state index contributed by atoms with van der Waals surface area (Å²) in [6.45, 7) is 7.98. The van der Waals surface area contributed by atoms with E-state index in [1.165, 1.54) is 0 Å². The lowest BCUT2D eigenvalue weighted by Crippen LogP contribution is -2.01. The second kappa shape index (κ2) is 8.73. The van der Waals surface area contributed by atoms with Crippen molar-refractivity contribution in [2.24, 2.45) is 0 Å². The minimum absolute atomic E-state index is 0. The van der Waals surface area contributed by atoms with Crippen LogP contribution in [0.25, 0.3) is 28.2 Å². The second-order valence-electron chi connectivity index (χ2n) is 5.33. The molecule has 0 aromatic carbocycles. The van der Waals surface area contributed by atoms with E-state index in [4.69, 9.17) is 9.47 Å². The number of nitrogens with zero attached hydrogens (tertiary/aromatic N) is 3. The number of hydrogen-bond acceptors (Lipinski definition) is 6. The van der Waals surface area contributed by atoms with Crippen LogP contribution in [0.5, 0.6) is 11.6 Å². The van der Waals surface area contributed by atoms with Gasteiger partial charge < -0.3 is 15.6 Å². The lowest BCUT2D eigenvalue weighted by Gasteiger charge is -2.12. The third-order valence-electron chi connectivity index (χ3n) is 3.71. The molecule has 3 N–H and O–H groups in total. The van der Waals surface area contributed by atoms with Crippen LogP contribution in [0, 0.1) is 0 Å². The Morgan fingerprint density at radius 1 is 1.19 bits per heavy atom. The van der Waals surface area contributed by atoms with E-state index in [2.05, 4.69) is 28.1 Å². The van der Waals surface area contributed by atoms with Gasteiger partial charge in [-0.1, -0.05) is 18.7 Å². The average Bonchev–Trinajstić information content (AvgIpc) is 2.67. The Labute approximate surface area is 152 Å². The van der Waals surface area contributed by atoms with Gasteiger partial charge in [0.2, 0.25) is 5.88 Å². The normalized spacial score (nSPS) is 10.0. The summed E-state index contributed by atoms with van der Waals surface area (Å²) in [5, 5.41) is 0.945. The number of pyridine rings is 3. The Morgan fingerprint density at radius 3 is 2.77 bits per heavy atom. The van der Waals surface area contributed by atoms with Gasteiger partial charge in [0, 0.05) is 17.1 Å². The molecule has 6 heteroatoms. The van der Waals surface area contributed by atoms with Crippen LogP contribution < -0.4 is 15.6 Å². The maximum atomic E-state index is 5.83. The Morgan fingerprint density at radius 2 is 2.04 bits per heavy atom. The fourth-order valence-corrected chi connectivity index (χ4v) is 2.47. The van der Waals surface area contributed by atoms with E-state index in [1.54, 1.807) is 25.6 Å². The molecule has 26 heavy (non-hydrogen) atoms. The number of rotatable bonds is 7. The van der Waals surface area contributed by atoms with Crippen LogP contribution in [0.15, 0.2) is 55.9 Å². The Hall–Kier alpha value is -3.25. The lowest BCUT2D eigenvalue weighted by atomic mass is 10.1. The summed E-state index contributed by atoms with van der Waals surface area (Å²) in [5.74, 6) is 1.13. The number of methoxy groups -OCH3 is 1. The quantitative estimate of drug-likeness (QED) is 0.499. The highest BCUT2D eigenvalue weighted by atomic mass is 16.5. The van der Waals surface area contributed by atoms with Crippen molar-refractivity contribution in [1.29, 1.82) is 0 Å². The molecule has 0 aliphatic carbocycles. The third-order valence-corrected chi connectivity index (χ3v) is 3.71. The average molecular weight is 350 g/mol. The van der Waals surface area contributed by atoms with Crippen molar-refractivity contribution >= 4 is 17.0 Å². The first kappa shape index (κ1) is 19.1. The smallest absolute Gasteiger partial charge is 0.241 e. The van der Waals surface area contributed by atoms with E-state index >= 15 is 0 Å². The zero-order valence-corrected chi connectivity index (χ0v) is 14.8. The highest BCUT2D eigenvalue weighted by Gasteiger charge is 2.14. The SMILES string of the molecule is C=CCCOc1nc(-c2cc(C=C)ncc2OC)cc2cccnc12.N. The van der Waals surface area contributed by atoms with Crippen molar-refractivity contribution in [3.63, 3.8) is 0 Å². The van der Waals surface area contributed by atoms with Gasteiger partial charge in [-0.3, -0.25) is 9.97 Å². The number of hydrogen-bond donors (Lipinski definition) is 1. The first-order valence-corrected chi connectivity index (χ1v) is 7.93. The summed E-state index contributed by atoms with van der Waals surface area (Å²) in [6.07, 6.45) is 7.63. The van der Waals surface area contributed by atoms with Crippen molar-refractivity contribution in [3.8, 4) is 22.9 Å². The molecule has 0 amide bonds. The van der Waals surface area contributed by atoms with Crippen molar-refractivity contribution < 1.29 is 9.47 Å². The molecule has 3 heterocycles. The van der Waals surface area contributed by atoms with Crippen molar-refractivity contribution in [3.05, 3.63) is 61.6 Å². The van der Waals surface area contributed by atoms with Gasteiger partial charge in [-0.2, -0.15) is 0 Å². The first-order valence-electron chi connectivity index (χ1n) is 7.93. The molecule has 6 nitrogen and oxygen atoms in total. The van der Waals surface area contributed by atoms with Crippen molar-refractivity contribution in [1.82, 2.24) is 21.1 Å². The molecule has 0 unspecified atom stereocenters. The largest absolute Gasteiger partial charge is 0.494 e. The van der Waals surface area contributed by atoms with Crippen LogP contribution in [0.1, 0.15) is 12.1 Å². The van der Waals surface area contributed by atoms with Gasteiger partial charge in [-0.15, -0.1) is 6.58 Å². The molecule has 0 saturated heterocycles. The van der Waals surface area contributed by atoms with Gasteiger partial charge in [-0.25, -0.2) is 4.98 Å². The molecular weight excluding hydrogens is 328 g/mol. The number of aromatic nitrogens is 3. The molecular formula is C20H22N4O2. The summed E-state index contributed by atoms with van der Waals surface area (Å²) in [6, 6.07) is 7.73. The van der Waals surface area contributed by atoms with Gasteiger partial charge >= 0.3 is 0 Å². The van der Waals surface area contributed by atoms with Crippen LogP contribution in [0.4, 0.5) is 0 Å². The first-order chi connectivity index (χ1) is 12.3. The van der Waals surface area contributed by atoms with E-state index in [-0.39, 0.29) is 6.15 Å². The Bertz CT molecular complexity index is 925. The fraction of sp³-hybridized carbons (Fsp3) is 0.150. The lowest BCUT2D eigenvalue weighted by molar-refractivity contribution is 0.316. The zero-order valence-electron chi connectivity index (χ0n) is 14.8. The highest BCUT2D eigenvalue weighted by molar-refractivity contribution is 5.87. The van der Waals surface area contributed by atoms with Gasteiger partial charge in [-0.05, 0) is 30.7 Å². The Kier molecular flexibility index (Phi) is 6.41. The monoisotopic (exact) mass is 350 g/mol. The number of fused-ring (bicyclic) bond motifs is 1. The summed E-state index contributed by atoms with van der Waals surface area (Å²) in [7, 11) is 1.61. The molecule has 0 spiro atoms. The summed E-state index contributed by atoms with van der Waals surface area (Å²) < 4.78 is 11.3. The summed E-state index contributed by atoms with van der Waals surface area (Å²) in [4.78, 5) is 13.3. The predicted molar refractivity (Wildman–Crippen MR) is 105 cm³/mol. The van der Waals surface area contributed by atoms with Crippen molar-refractivity contribution in [2.45, 2.75) is 6.42 Å². The van der Waals surface area contributed by atoms with E-state index in [1.807, 2.05) is 30.3 Å². The fourth-order valence-electron chi connectivity index (χ4n) is 2.47. The molecule has 0 aliphatic heterocycles. The van der Waals surface area contributed by atoms with Crippen LogP contribution in [0.3, 0.4) is 0 Å². The van der Waals surface area contributed by atoms with Gasteiger partial charge in [0.15, 0.2) is 0 Å². The maximum absolute atomic E-state index is 5.83. The minimum Gasteiger partial charge on any atom is -0.494 e. The standard InChI is InChI=1S/C20H19N3O2.H3N/c1-4-6-10-25-20-19-14(8-7-9-21-19)11-17(23-20)16-12-15(5-2)22-13-18(16)24-3;/h4-5,7-9,11-13H,1-2,6,10H2,3H3;1H3. The van der Waals surface area contributed by atoms with Crippen molar-refractivity contribution in [2.75, 3.05) is 13.7 Å². The number of ether oxygens (including phenoxy) is 2. The summed E-state index contributed by atoms with van der Waals surface area (Å²) >= 11 is 0. The van der Waals surface area contributed by atoms with E-state index < -0.39 is 0 Å². The second-order valence-corrected chi connectivity index (χ2v) is 5.33. The Balaban J connectivity index is 0.00000243. The van der Waals surface area contributed by atoms with E-state index in [0.29, 0.717) is 18.2 Å². The van der Waals surface area contributed by atoms with Crippen LogP contribution in [-0.2, 0) is 0 Å². The van der Waals surface area contributed by atoms with E-state index in [0.717, 1.165) is 34.3 Å². The predicted octanol–water partition coefficient (Wildman–Crippen LogP) is 4.46. The van der Waals surface area contributed by atoms with Crippen LogP contribution >= 0.6 is 0 Å². The zero-order chi connectivity index (χ0) is 17.6. The van der Waals surface area contributed by atoms with Gasteiger partial charge in [0.25, 0.3) is 0 Å². The molecule has 0 atom stereocenters. The molecule has 134 valence electrons. The molecule has 0 fully saturated rings. The van der Waals surface area contributed by atoms with Gasteiger partial charge in [0.05, 0.1) is 31.3 Å². The van der Waals surface area contributed by atoms with Crippen LogP contribution in [-0.4, -0.2) is 28.7 Å². The third kappa shape index (κ3) is 3.87. The molecule has 3 aromatic heterocycles. The molecule has 0 aliphatic rings. The molecule has 0 radical (unpaired) electrons. The minimum atomic E-state index is 0. The van der Waals surface area contributed by atoms with E-state index in [9.17, 15) is 0 Å². The summed E-state index contributed by atoms with van der Waals surface area (Å²) in [5.41, 5.74) is 3.04. The molecule has 0 bridgehead atoms. The van der Waals surface area contributed by atoms with Crippen LogP contribution in [0.2, 0.25) is 0 Å². The molecule has 3 rings (SSSR count). The topological polar surface area (TPSA) is 92.1 Å². The molecule has 3 aromatic rings. The highest BCUT2D eigenvalue weighted by Crippen LogP contribution is 2.33. The maximum Gasteiger partial charge on any atom is 0.241 e. The molecule has 0 saturated carbocycles.